The van der Waals surface area contributed by atoms with E-state index < -0.39 is 0 Å². The van der Waals surface area contributed by atoms with Gasteiger partial charge in [-0.15, -0.1) is 11.3 Å². The summed E-state index contributed by atoms with van der Waals surface area (Å²) in [5.74, 6) is 1.81. The average molecular weight is 312 g/mol. The summed E-state index contributed by atoms with van der Waals surface area (Å²) in [7, 11) is 0. The van der Waals surface area contributed by atoms with Gasteiger partial charge >= 0.3 is 0 Å². The number of rotatable bonds is 3. The van der Waals surface area contributed by atoms with Gasteiger partial charge in [0.15, 0.2) is 0 Å². The molecule has 1 aliphatic rings. The van der Waals surface area contributed by atoms with Crippen molar-refractivity contribution in [3.05, 3.63) is 41.0 Å². The number of aromatic nitrogens is 2. The predicted octanol–water partition coefficient (Wildman–Crippen LogP) is 3.42. The number of nitrogens with zero attached hydrogens (tertiary/aromatic N) is 2. The van der Waals surface area contributed by atoms with Gasteiger partial charge in [0.25, 0.3) is 0 Å². The minimum atomic E-state index is 0.708. The van der Waals surface area contributed by atoms with Crippen molar-refractivity contribution in [2.75, 3.05) is 23.8 Å². The molecule has 0 saturated carbocycles. The molecular weight excluding hydrogens is 296 g/mol. The molecule has 0 amide bonds. The molecule has 5 nitrogen and oxygen atoms in total. The molecule has 1 aliphatic heterocycles. The Morgan fingerprint density at radius 2 is 2.32 bits per heavy atom. The zero-order valence-corrected chi connectivity index (χ0v) is 13.0. The fraction of sp³-hybridized carbons (Fsp3) is 0.250. The van der Waals surface area contributed by atoms with E-state index in [1.807, 2.05) is 0 Å². The standard InChI is InChI=1S/C16H16N4OS/c1-10-8-22-15-14(10)19-9-20-16(15)18-7-11-2-3-12-13(6-11)21-5-4-17-12/h2-3,6,8-9,17H,4-5,7H2,1H3,(H,18,19,20). The van der Waals surface area contributed by atoms with Crippen molar-refractivity contribution < 1.29 is 4.74 Å². The van der Waals surface area contributed by atoms with Gasteiger partial charge in [-0.3, -0.25) is 0 Å². The summed E-state index contributed by atoms with van der Waals surface area (Å²) in [5.41, 5.74) is 4.45. The Kier molecular flexibility index (Phi) is 3.31. The molecule has 0 fully saturated rings. The first-order valence-corrected chi connectivity index (χ1v) is 8.11. The molecule has 3 aromatic rings. The minimum absolute atomic E-state index is 0.708. The highest BCUT2D eigenvalue weighted by Crippen LogP contribution is 2.30. The minimum Gasteiger partial charge on any atom is -0.490 e. The molecule has 2 N–H and O–H groups in total. The molecule has 0 radical (unpaired) electrons. The molecule has 0 spiro atoms. The number of thiophene rings is 1. The van der Waals surface area contributed by atoms with E-state index in [-0.39, 0.29) is 0 Å². The smallest absolute Gasteiger partial charge is 0.147 e. The van der Waals surface area contributed by atoms with Crippen molar-refractivity contribution in [1.82, 2.24) is 9.97 Å². The van der Waals surface area contributed by atoms with Crippen LogP contribution < -0.4 is 15.4 Å². The quantitative estimate of drug-likeness (QED) is 0.776. The van der Waals surface area contributed by atoms with Crippen molar-refractivity contribution in [3.63, 3.8) is 0 Å². The van der Waals surface area contributed by atoms with Gasteiger partial charge in [0.2, 0.25) is 0 Å². The maximum atomic E-state index is 5.68. The van der Waals surface area contributed by atoms with E-state index in [9.17, 15) is 0 Å². The van der Waals surface area contributed by atoms with Gasteiger partial charge in [-0.1, -0.05) is 6.07 Å². The van der Waals surface area contributed by atoms with Gasteiger partial charge in [-0.2, -0.15) is 0 Å². The molecule has 0 saturated heterocycles. The van der Waals surface area contributed by atoms with Crippen LogP contribution in [0, 0.1) is 6.92 Å². The van der Waals surface area contributed by atoms with Crippen LogP contribution in [0.25, 0.3) is 10.2 Å². The summed E-state index contributed by atoms with van der Waals surface area (Å²) >= 11 is 1.68. The van der Waals surface area contributed by atoms with Crippen LogP contribution in [0.2, 0.25) is 0 Å². The Balaban J connectivity index is 1.56. The number of hydrogen-bond acceptors (Lipinski definition) is 6. The highest BCUT2D eigenvalue weighted by molar-refractivity contribution is 7.18. The van der Waals surface area contributed by atoms with Crippen molar-refractivity contribution in [2.45, 2.75) is 13.5 Å². The fourth-order valence-electron chi connectivity index (χ4n) is 2.57. The third-order valence-electron chi connectivity index (χ3n) is 3.71. The highest BCUT2D eigenvalue weighted by atomic mass is 32.1. The third-order valence-corrected chi connectivity index (χ3v) is 4.81. The number of anilines is 2. The Hall–Kier alpha value is -2.34. The zero-order valence-electron chi connectivity index (χ0n) is 12.2. The molecule has 22 heavy (non-hydrogen) atoms. The lowest BCUT2D eigenvalue weighted by atomic mass is 10.1. The van der Waals surface area contributed by atoms with E-state index in [1.54, 1.807) is 17.7 Å². The molecule has 0 atom stereocenters. The molecule has 0 bridgehead atoms. The summed E-state index contributed by atoms with van der Waals surface area (Å²) in [6.45, 7) is 4.36. The first kappa shape index (κ1) is 13.3. The van der Waals surface area contributed by atoms with Crippen LogP contribution in [0.5, 0.6) is 5.75 Å². The lowest BCUT2D eigenvalue weighted by Gasteiger charge is -2.19. The number of ether oxygens (including phenoxy) is 1. The maximum absolute atomic E-state index is 5.68. The second-order valence-corrected chi connectivity index (χ2v) is 6.16. The molecule has 6 heteroatoms. The number of hydrogen-bond donors (Lipinski definition) is 2. The summed E-state index contributed by atoms with van der Waals surface area (Å²) in [6, 6.07) is 6.24. The molecule has 2 aromatic heterocycles. The Labute approximate surface area is 132 Å². The van der Waals surface area contributed by atoms with Gasteiger partial charge in [-0.25, -0.2) is 9.97 Å². The topological polar surface area (TPSA) is 59.1 Å². The van der Waals surface area contributed by atoms with Gasteiger partial charge in [0.1, 0.15) is 24.5 Å². The van der Waals surface area contributed by atoms with Gasteiger partial charge < -0.3 is 15.4 Å². The number of fused-ring (bicyclic) bond motifs is 2. The lowest BCUT2D eigenvalue weighted by molar-refractivity contribution is 0.323. The maximum Gasteiger partial charge on any atom is 0.147 e. The van der Waals surface area contributed by atoms with Crippen LogP contribution >= 0.6 is 11.3 Å². The number of nitrogens with one attached hydrogen (secondary N) is 2. The van der Waals surface area contributed by atoms with E-state index in [1.165, 1.54) is 11.1 Å². The van der Waals surface area contributed by atoms with Crippen LogP contribution in [0.4, 0.5) is 11.5 Å². The van der Waals surface area contributed by atoms with E-state index in [0.29, 0.717) is 13.2 Å². The summed E-state index contributed by atoms with van der Waals surface area (Å²) in [5, 5.41) is 8.85. The van der Waals surface area contributed by atoms with Crippen molar-refractivity contribution in [1.29, 1.82) is 0 Å². The summed E-state index contributed by atoms with van der Waals surface area (Å²) in [4.78, 5) is 8.71. The Morgan fingerprint density at radius 1 is 1.36 bits per heavy atom. The van der Waals surface area contributed by atoms with E-state index in [0.717, 1.165) is 34.0 Å². The van der Waals surface area contributed by atoms with Crippen molar-refractivity contribution in [2.24, 2.45) is 0 Å². The molecule has 1 aromatic carbocycles. The first-order chi connectivity index (χ1) is 10.8. The fourth-order valence-corrected chi connectivity index (χ4v) is 3.54. The summed E-state index contributed by atoms with van der Waals surface area (Å²) in [6.07, 6.45) is 1.62. The van der Waals surface area contributed by atoms with E-state index in [4.69, 9.17) is 4.74 Å². The Bertz CT molecular complexity index is 830. The molecule has 4 rings (SSSR count). The van der Waals surface area contributed by atoms with Crippen molar-refractivity contribution in [3.8, 4) is 5.75 Å². The van der Waals surface area contributed by atoms with Crippen LogP contribution in [0.1, 0.15) is 11.1 Å². The van der Waals surface area contributed by atoms with Gasteiger partial charge in [0.05, 0.1) is 15.9 Å². The molecule has 0 aliphatic carbocycles. The summed E-state index contributed by atoms with van der Waals surface area (Å²) < 4.78 is 6.78. The average Bonchev–Trinajstić information content (AvgIpc) is 2.95. The largest absolute Gasteiger partial charge is 0.490 e. The molecule has 3 heterocycles. The zero-order chi connectivity index (χ0) is 14.9. The van der Waals surface area contributed by atoms with Crippen LogP contribution in [-0.4, -0.2) is 23.1 Å². The number of benzene rings is 1. The number of aryl methyl sites for hydroxylation is 1. The van der Waals surface area contributed by atoms with Crippen LogP contribution in [-0.2, 0) is 6.54 Å². The second-order valence-electron chi connectivity index (χ2n) is 5.28. The monoisotopic (exact) mass is 312 g/mol. The first-order valence-electron chi connectivity index (χ1n) is 7.23. The normalized spacial score (nSPS) is 13.3. The lowest BCUT2D eigenvalue weighted by Crippen LogP contribution is -2.18. The second kappa shape index (κ2) is 5.46. The van der Waals surface area contributed by atoms with Gasteiger partial charge in [-0.05, 0) is 35.6 Å². The Morgan fingerprint density at radius 3 is 3.27 bits per heavy atom. The SMILES string of the molecule is Cc1csc2c(NCc3ccc4c(c3)OCCN4)ncnc12. The molecular formula is C16H16N4OS. The third kappa shape index (κ3) is 2.35. The molecule has 112 valence electrons. The predicted molar refractivity (Wildman–Crippen MR) is 89.9 cm³/mol. The van der Waals surface area contributed by atoms with Gasteiger partial charge in [0, 0.05) is 13.1 Å². The van der Waals surface area contributed by atoms with Crippen molar-refractivity contribution >= 4 is 33.1 Å². The highest BCUT2D eigenvalue weighted by Gasteiger charge is 2.11. The van der Waals surface area contributed by atoms with Crippen LogP contribution in [0.15, 0.2) is 29.9 Å². The van der Waals surface area contributed by atoms with Crippen LogP contribution in [0.3, 0.4) is 0 Å². The van der Waals surface area contributed by atoms with E-state index in [2.05, 4.69) is 51.1 Å². The molecule has 0 unspecified atom stereocenters. The van der Waals surface area contributed by atoms with E-state index >= 15 is 0 Å².